The van der Waals surface area contributed by atoms with E-state index in [0.717, 1.165) is 11.1 Å². The number of hydrogen-bond donors (Lipinski definition) is 1. The Morgan fingerprint density at radius 3 is 2.62 bits per heavy atom. The number of carbonyl (C=O) groups excluding carboxylic acids is 1. The van der Waals surface area contributed by atoms with Gasteiger partial charge in [0.05, 0.1) is 11.5 Å². The van der Waals surface area contributed by atoms with Crippen LogP contribution in [0.2, 0.25) is 0 Å². The summed E-state index contributed by atoms with van der Waals surface area (Å²) in [4.78, 5) is 23.2. The van der Waals surface area contributed by atoms with Gasteiger partial charge in [0.2, 0.25) is 0 Å². The number of carbonyl (C=O) groups is 1. The smallest absolute Gasteiger partial charge is 0.272 e. The molecule has 1 heterocycles. The minimum atomic E-state index is -0.437. The normalized spacial score (nSPS) is 10.6. The summed E-state index contributed by atoms with van der Waals surface area (Å²) in [5.74, 6) is 0.285. The van der Waals surface area contributed by atoms with Crippen molar-refractivity contribution in [3.05, 3.63) is 117 Å². The number of hydrogen-bond acceptors (Lipinski definition) is 5. The molecule has 34 heavy (non-hydrogen) atoms. The van der Waals surface area contributed by atoms with E-state index in [0.29, 0.717) is 29.2 Å². The molecule has 0 aliphatic carbocycles. The highest BCUT2D eigenvalue weighted by molar-refractivity contribution is 6.03. The molecule has 0 atom stereocenters. The van der Waals surface area contributed by atoms with Crippen LogP contribution in [0, 0.1) is 22.9 Å². The van der Waals surface area contributed by atoms with E-state index in [2.05, 4.69) is 10.4 Å². The Morgan fingerprint density at radius 1 is 1.09 bits per heavy atom. The van der Waals surface area contributed by atoms with Crippen LogP contribution in [0.1, 0.15) is 27.0 Å². The topological polar surface area (TPSA) is 99.3 Å². The SMILES string of the molecule is Cc1cc(OCc2cccc(C(=O)Nc3ccn(Cc4ccc(F)cc4)n3)c2)ccc1[N+](=O)[O-]. The van der Waals surface area contributed by atoms with Crippen molar-refractivity contribution < 1.29 is 18.8 Å². The molecule has 3 aromatic carbocycles. The van der Waals surface area contributed by atoms with E-state index in [4.69, 9.17) is 4.74 Å². The fourth-order valence-corrected chi connectivity index (χ4v) is 3.37. The number of aryl methyl sites for hydroxylation is 1. The molecule has 4 aromatic rings. The van der Waals surface area contributed by atoms with Crippen molar-refractivity contribution in [1.82, 2.24) is 9.78 Å². The predicted molar refractivity (Wildman–Crippen MR) is 124 cm³/mol. The monoisotopic (exact) mass is 460 g/mol. The molecular formula is C25H21FN4O4. The number of nitrogens with zero attached hydrogens (tertiary/aromatic N) is 3. The van der Waals surface area contributed by atoms with Gasteiger partial charge in [0, 0.05) is 29.5 Å². The van der Waals surface area contributed by atoms with Gasteiger partial charge in [-0.3, -0.25) is 19.6 Å². The maximum Gasteiger partial charge on any atom is 0.272 e. The van der Waals surface area contributed by atoms with Crippen molar-refractivity contribution in [2.24, 2.45) is 0 Å². The fraction of sp³-hybridized carbons (Fsp3) is 0.120. The standard InChI is InChI=1S/C25H21FN4O4/c1-17-13-22(9-10-23(17)30(32)33)34-16-19-3-2-4-20(14-19)25(31)27-24-11-12-29(28-24)15-18-5-7-21(26)8-6-18/h2-14H,15-16H2,1H3,(H,27,28,31). The summed E-state index contributed by atoms with van der Waals surface area (Å²) in [5, 5.41) is 18.0. The highest BCUT2D eigenvalue weighted by Crippen LogP contribution is 2.24. The minimum Gasteiger partial charge on any atom is -0.489 e. The highest BCUT2D eigenvalue weighted by atomic mass is 19.1. The summed E-state index contributed by atoms with van der Waals surface area (Å²) in [6, 6.07) is 19.4. The lowest BCUT2D eigenvalue weighted by molar-refractivity contribution is -0.385. The summed E-state index contributed by atoms with van der Waals surface area (Å²) in [6.45, 7) is 2.30. The average molecular weight is 460 g/mol. The van der Waals surface area contributed by atoms with Crippen molar-refractivity contribution in [2.75, 3.05) is 5.32 Å². The average Bonchev–Trinajstić information content (AvgIpc) is 3.25. The van der Waals surface area contributed by atoms with Crippen molar-refractivity contribution in [1.29, 1.82) is 0 Å². The first-order valence-corrected chi connectivity index (χ1v) is 10.4. The number of rotatable bonds is 8. The quantitative estimate of drug-likeness (QED) is 0.291. The van der Waals surface area contributed by atoms with Gasteiger partial charge < -0.3 is 10.1 Å². The first kappa shape index (κ1) is 22.7. The molecule has 8 nitrogen and oxygen atoms in total. The molecule has 0 aliphatic rings. The fourth-order valence-electron chi connectivity index (χ4n) is 3.37. The van der Waals surface area contributed by atoms with Gasteiger partial charge in [-0.1, -0.05) is 24.3 Å². The Morgan fingerprint density at radius 2 is 1.88 bits per heavy atom. The van der Waals surface area contributed by atoms with E-state index in [9.17, 15) is 19.3 Å². The Bertz CT molecular complexity index is 1340. The maximum atomic E-state index is 13.1. The Labute approximate surface area is 194 Å². The van der Waals surface area contributed by atoms with Crippen LogP contribution < -0.4 is 10.1 Å². The lowest BCUT2D eigenvalue weighted by Crippen LogP contribution is -2.13. The number of aromatic nitrogens is 2. The van der Waals surface area contributed by atoms with Crippen molar-refractivity contribution in [3.63, 3.8) is 0 Å². The van der Waals surface area contributed by atoms with Crippen molar-refractivity contribution in [3.8, 4) is 5.75 Å². The van der Waals surface area contributed by atoms with Crippen molar-refractivity contribution in [2.45, 2.75) is 20.1 Å². The number of benzene rings is 3. The predicted octanol–water partition coefficient (Wildman–Crippen LogP) is 5.12. The van der Waals surface area contributed by atoms with Crippen molar-refractivity contribution >= 4 is 17.4 Å². The van der Waals surface area contributed by atoms with Crippen LogP contribution in [0.5, 0.6) is 5.75 Å². The number of halogens is 1. The second kappa shape index (κ2) is 9.95. The van der Waals surface area contributed by atoms with Gasteiger partial charge in [-0.25, -0.2) is 4.39 Å². The Hall–Kier alpha value is -4.53. The van der Waals surface area contributed by atoms with Crippen LogP contribution in [-0.2, 0) is 13.2 Å². The molecule has 0 spiro atoms. The van der Waals surface area contributed by atoms with Crippen LogP contribution in [0.15, 0.2) is 79.0 Å². The van der Waals surface area contributed by atoms with E-state index in [1.165, 1.54) is 18.2 Å². The zero-order valence-electron chi connectivity index (χ0n) is 18.3. The Kier molecular flexibility index (Phi) is 6.63. The zero-order valence-corrected chi connectivity index (χ0v) is 18.3. The Balaban J connectivity index is 1.36. The second-order valence-electron chi connectivity index (χ2n) is 7.67. The molecule has 0 aliphatic heterocycles. The van der Waals surface area contributed by atoms with Crippen LogP contribution in [0.3, 0.4) is 0 Å². The third-order valence-corrected chi connectivity index (χ3v) is 5.10. The van der Waals surface area contributed by atoms with Gasteiger partial charge >= 0.3 is 0 Å². The van der Waals surface area contributed by atoms with Gasteiger partial charge in [0.15, 0.2) is 5.82 Å². The molecule has 1 N–H and O–H groups in total. The number of anilines is 1. The zero-order chi connectivity index (χ0) is 24.1. The second-order valence-corrected chi connectivity index (χ2v) is 7.67. The number of nitro groups is 1. The van der Waals surface area contributed by atoms with E-state index >= 15 is 0 Å². The summed E-state index contributed by atoms with van der Waals surface area (Å²) in [5.41, 5.74) is 2.64. The molecule has 4 rings (SSSR count). The largest absolute Gasteiger partial charge is 0.489 e. The minimum absolute atomic E-state index is 0.0335. The number of ether oxygens (including phenoxy) is 1. The van der Waals surface area contributed by atoms with E-state index in [1.54, 1.807) is 66.3 Å². The first-order chi connectivity index (χ1) is 16.4. The molecular weight excluding hydrogens is 439 g/mol. The van der Waals surface area contributed by atoms with Gasteiger partial charge in [-0.15, -0.1) is 0 Å². The molecule has 0 bridgehead atoms. The molecule has 172 valence electrons. The van der Waals surface area contributed by atoms with E-state index in [-0.39, 0.29) is 24.0 Å². The van der Waals surface area contributed by atoms with Crippen LogP contribution in [-0.4, -0.2) is 20.6 Å². The maximum absolute atomic E-state index is 13.1. The van der Waals surface area contributed by atoms with E-state index in [1.807, 2.05) is 6.07 Å². The third kappa shape index (κ3) is 5.63. The number of nitro benzene ring substituents is 1. The summed E-state index contributed by atoms with van der Waals surface area (Å²) >= 11 is 0. The van der Waals surface area contributed by atoms with E-state index < -0.39 is 4.92 Å². The van der Waals surface area contributed by atoms with Gasteiger partial charge in [0.1, 0.15) is 18.2 Å². The van der Waals surface area contributed by atoms with Crippen LogP contribution in [0.4, 0.5) is 15.9 Å². The molecule has 0 radical (unpaired) electrons. The highest BCUT2D eigenvalue weighted by Gasteiger charge is 2.12. The number of nitrogens with one attached hydrogen (secondary N) is 1. The molecule has 0 saturated heterocycles. The summed E-state index contributed by atoms with van der Waals surface area (Å²) in [6.07, 6.45) is 1.73. The summed E-state index contributed by atoms with van der Waals surface area (Å²) in [7, 11) is 0. The lowest BCUT2D eigenvalue weighted by atomic mass is 10.1. The first-order valence-electron chi connectivity index (χ1n) is 10.4. The van der Waals surface area contributed by atoms with Crippen LogP contribution >= 0.6 is 0 Å². The third-order valence-electron chi connectivity index (χ3n) is 5.10. The van der Waals surface area contributed by atoms with Crippen LogP contribution in [0.25, 0.3) is 0 Å². The number of amides is 1. The lowest BCUT2D eigenvalue weighted by Gasteiger charge is -2.09. The molecule has 0 saturated carbocycles. The molecule has 0 fully saturated rings. The van der Waals surface area contributed by atoms with Gasteiger partial charge in [0.25, 0.3) is 11.6 Å². The van der Waals surface area contributed by atoms with Gasteiger partial charge in [-0.05, 0) is 54.4 Å². The molecule has 1 aromatic heterocycles. The molecule has 1 amide bonds. The summed E-state index contributed by atoms with van der Waals surface area (Å²) < 4.78 is 20.4. The molecule has 9 heteroatoms. The van der Waals surface area contributed by atoms with Gasteiger partial charge in [-0.2, -0.15) is 5.10 Å². The molecule has 0 unspecified atom stereocenters.